The van der Waals surface area contributed by atoms with Crippen LogP contribution in [0.4, 0.5) is 4.39 Å². The molecule has 0 atom stereocenters. The first kappa shape index (κ1) is 9.22. The number of benzene rings is 1. The van der Waals surface area contributed by atoms with E-state index < -0.39 is 0 Å². The highest BCUT2D eigenvalue weighted by atomic mass is 79.9. The van der Waals surface area contributed by atoms with Gasteiger partial charge in [-0.2, -0.15) is 5.26 Å². The van der Waals surface area contributed by atoms with E-state index >= 15 is 0 Å². The largest absolute Gasteiger partial charge is 0.445 e. The van der Waals surface area contributed by atoms with E-state index in [1.54, 1.807) is 0 Å². The van der Waals surface area contributed by atoms with Gasteiger partial charge in [0.1, 0.15) is 17.5 Å². The predicted molar refractivity (Wildman–Crippen MR) is 53.5 cm³/mol. The molecule has 0 unspecified atom stereocenters. The van der Waals surface area contributed by atoms with Gasteiger partial charge in [-0.25, -0.2) is 4.39 Å². The maximum Gasteiger partial charge on any atom is 0.204 e. The van der Waals surface area contributed by atoms with Crippen LogP contribution in [0.2, 0.25) is 0 Å². The van der Waals surface area contributed by atoms with Crippen molar-refractivity contribution in [3.8, 4) is 6.07 Å². The lowest BCUT2D eigenvalue weighted by molar-refractivity contribution is 0.592. The minimum absolute atomic E-state index is 0.202. The topological polar surface area (TPSA) is 36.9 Å². The zero-order valence-electron chi connectivity index (χ0n) is 7.05. The van der Waals surface area contributed by atoms with Crippen molar-refractivity contribution in [3.05, 3.63) is 35.3 Å². The van der Waals surface area contributed by atoms with E-state index in [2.05, 4.69) is 15.9 Å². The van der Waals surface area contributed by atoms with Crippen molar-refractivity contribution in [2.75, 3.05) is 0 Å². The lowest BCUT2D eigenvalue weighted by Gasteiger charge is -1.96. The molecular weight excluding hydrogens is 249 g/mol. The number of alkyl halides is 1. The van der Waals surface area contributed by atoms with Gasteiger partial charge in [-0.3, -0.25) is 0 Å². The normalized spacial score (nSPS) is 10.4. The molecule has 0 N–H and O–H groups in total. The summed E-state index contributed by atoms with van der Waals surface area (Å²) in [6.07, 6.45) is 0. The highest BCUT2D eigenvalue weighted by Crippen LogP contribution is 2.25. The highest BCUT2D eigenvalue weighted by molar-refractivity contribution is 9.08. The van der Waals surface area contributed by atoms with Crippen LogP contribution < -0.4 is 0 Å². The van der Waals surface area contributed by atoms with Crippen LogP contribution in [0.3, 0.4) is 0 Å². The Morgan fingerprint density at radius 3 is 2.86 bits per heavy atom. The fourth-order valence-electron chi connectivity index (χ4n) is 1.34. The quantitative estimate of drug-likeness (QED) is 0.732. The zero-order chi connectivity index (χ0) is 10.1. The molecule has 0 bridgehead atoms. The molecular formula is C10H5BrFNO. The summed E-state index contributed by atoms with van der Waals surface area (Å²) < 4.78 is 18.3. The molecule has 2 nitrogen and oxygen atoms in total. The highest BCUT2D eigenvalue weighted by Gasteiger charge is 2.09. The summed E-state index contributed by atoms with van der Waals surface area (Å²) in [5.41, 5.74) is 1.28. The minimum atomic E-state index is -0.322. The van der Waals surface area contributed by atoms with Gasteiger partial charge in [-0.1, -0.05) is 15.9 Å². The zero-order valence-corrected chi connectivity index (χ0v) is 8.64. The SMILES string of the molecule is N#Cc1cc2cc(F)cc(CBr)c2o1. The van der Waals surface area contributed by atoms with Gasteiger partial charge >= 0.3 is 0 Å². The third-order valence-electron chi connectivity index (χ3n) is 1.91. The second-order valence-corrected chi connectivity index (χ2v) is 3.40. The van der Waals surface area contributed by atoms with Gasteiger partial charge < -0.3 is 4.42 Å². The van der Waals surface area contributed by atoms with Gasteiger partial charge in [0.05, 0.1) is 0 Å². The van der Waals surface area contributed by atoms with E-state index in [1.165, 1.54) is 18.2 Å². The van der Waals surface area contributed by atoms with E-state index in [-0.39, 0.29) is 11.6 Å². The van der Waals surface area contributed by atoms with Crippen molar-refractivity contribution in [2.24, 2.45) is 0 Å². The molecule has 0 amide bonds. The second kappa shape index (κ2) is 3.43. The lowest BCUT2D eigenvalue weighted by Crippen LogP contribution is -1.81. The standard InChI is InChI=1S/C10H5BrFNO/c11-4-7-2-8(12)1-6-3-9(5-13)14-10(6)7/h1-3H,4H2. The molecule has 14 heavy (non-hydrogen) atoms. The van der Waals surface area contributed by atoms with E-state index in [0.717, 1.165) is 0 Å². The second-order valence-electron chi connectivity index (χ2n) is 2.84. The Kier molecular flexibility index (Phi) is 2.26. The first-order chi connectivity index (χ1) is 6.74. The van der Waals surface area contributed by atoms with Crippen molar-refractivity contribution < 1.29 is 8.81 Å². The van der Waals surface area contributed by atoms with Crippen LogP contribution in [0.25, 0.3) is 11.0 Å². The molecule has 0 spiro atoms. The average molecular weight is 254 g/mol. The number of furan rings is 1. The van der Waals surface area contributed by atoms with E-state index in [4.69, 9.17) is 9.68 Å². The number of hydrogen-bond donors (Lipinski definition) is 0. The van der Waals surface area contributed by atoms with Gasteiger partial charge in [0.25, 0.3) is 0 Å². The molecule has 0 fully saturated rings. The summed E-state index contributed by atoms with van der Waals surface area (Å²) in [5, 5.41) is 9.74. The third kappa shape index (κ3) is 1.40. The van der Waals surface area contributed by atoms with Crippen LogP contribution in [0, 0.1) is 17.1 Å². The van der Waals surface area contributed by atoms with E-state index in [9.17, 15) is 4.39 Å². The third-order valence-corrected chi connectivity index (χ3v) is 2.52. The van der Waals surface area contributed by atoms with E-state index in [1.807, 2.05) is 6.07 Å². The van der Waals surface area contributed by atoms with Crippen molar-refractivity contribution in [1.82, 2.24) is 0 Å². The van der Waals surface area contributed by atoms with Crippen LogP contribution in [0.5, 0.6) is 0 Å². The fraction of sp³-hybridized carbons (Fsp3) is 0.100. The molecule has 4 heteroatoms. The van der Waals surface area contributed by atoms with Crippen LogP contribution in [0.1, 0.15) is 11.3 Å². The van der Waals surface area contributed by atoms with Gasteiger partial charge in [-0.15, -0.1) is 0 Å². The van der Waals surface area contributed by atoms with Gasteiger partial charge in [-0.05, 0) is 12.1 Å². The van der Waals surface area contributed by atoms with Gasteiger partial charge in [0, 0.05) is 22.3 Å². The molecule has 0 saturated carbocycles. The van der Waals surface area contributed by atoms with Crippen LogP contribution in [0.15, 0.2) is 22.6 Å². The number of nitrogens with zero attached hydrogens (tertiary/aromatic N) is 1. The summed E-state index contributed by atoms with van der Waals surface area (Å²) in [6, 6.07) is 6.16. The Morgan fingerprint density at radius 1 is 1.43 bits per heavy atom. The maximum atomic E-state index is 13.1. The molecule has 1 aromatic heterocycles. The predicted octanol–water partition coefficient (Wildman–Crippen LogP) is 3.34. The van der Waals surface area contributed by atoms with Crippen LogP contribution in [-0.2, 0) is 5.33 Å². The summed E-state index contributed by atoms with van der Waals surface area (Å²) in [4.78, 5) is 0. The van der Waals surface area contributed by atoms with Crippen LogP contribution in [-0.4, -0.2) is 0 Å². The Hall–Kier alpha value is -1.34. The molecule has 0 aliphatic heterocycles. The van der Waals surface area contributed by atoms with Crippen molar-refractivity contribution in [1.29, 1.82) is 5.26 Å². The molecule has 0 aliphatic carbocycles. The van der Waals surface area contributed by atoms with Gasteiger partial charge in [0.15, 0.2) is 0 Å². The number of nitriles is 1. The molecule has 1 aromatic carbocycles. The Morgan fingerprint density at radius 2 is 2.21 bits per heavy atom. The average Bonchev–Trinajstić information content (AvgIpc) is 2.59. The number of hydrogen-bond acceptors (Lipinski definition) is 2. The first-order valence-electron chi connectivity index (χ1n) is 3.92. The van der Waals surface area contributed by atoms with Crippen molar-refractivity contribution in [3.63, 3.8) is 0 Å². The van der Waals surface area contributed by atoms with Gasteiger partial charge in [0.2, 0.25) is 5.76 Å². The molecule has 0 radical (unpaired) electrons. The maximum absolute atomic E-state index is 13.1. The minimum Gasteiger partial charge on any atom is -0.445 e. The monoisotopic (exact) mass is 253 g/mol. The summed E-state index contributed by atoms with van der Waals surface area (Å²) in [6.45, 7) is 0. The molecule has 2 aromatic rings. The number of rotatable bonds is 1. The summed E-state index contributed by atoms with van der Waals surface area (Å²) in [7, 11) is 0. The Bertz CT molecular complexity index is 527. The smallest absolute Gasteiger partial charge is 0.204 e. The Balaban J connectivity index is 2.79. The fourth-order valence-corrected chi connectivity index (χ4v) is 1.76. The van der Waals surface area contributed by atoms with Crippen LogP contribution >= 0.6 is 15.9 Å². The molecule has 70 valence electrons. The number of fused-ring (bicyclic) bond motifs is 1. The molecule has 0 saturated heterocycles. The summed E-state index contributed by atoms with van der Waals surface area (Å²) >= 11 is 3.23. The molecule has 2 rings (SSSR count). The molecule has 0 aliphatic rings. The lowest BCUT2D eigenvalue weighted by atomic mass is 10.2. The van der Waals surface area contributed by atoms with E-state index in [0.29, 0.717) is 21.9 Å². The first-order valence-corrected chi connectivity index (χ1v) is 5.05. The molecule has 1 heterocycles. The number of halogens is 2. The van der Waals surface area contributed by atoms with Crippen molar-refractivity contribution >= 4 is 26.9 Å². The summed E-state index contributed by atoms with van der Waals surface area (Å²) in [5.74, 6) is -0.120. The Labute approximate surface area is 88.1 Å². The van der Waals surface area contributed by atoms with Crippen molar-refractivity contribution in [2.45, 2.75) is 5.33 Å².